The predicted octanol–water partition coefficient (Wildman–Crippen LogP) is 2.39. The van der Waals surface area contributed by atoms with E-state index in [2.05, 4.69) is 11.3 Å². The highest BCUT2D eigenvalue weighted by Gasteiger charge is 2.37. The molecule has 0 aliphatic carbocycles. The van der Waals surface area contributed by atoms with Gasteiger partial charge in [0.25, 0.3) is 0 Å². The Morgan fingerprint density at radius 3 is 2.74 bits per heavy atom. The number of ether oxygens (including phenoxy) is 1. The first-order valence-electron chi connectivity index (χ1n) is 7.40. The van der Waals surface area contributed by atoms with Crippen LogP contribution >= 0.6 is 0 Å². The van der Waals surface area contributed by atoms with Crippen LogP contribution in [-0.2, 0) is 14.8 Å². The lowest BCUT2D eigenvalue weighted by atomic mass is 9.93. The number of carbonyl (C=O) groups excluding carboxylic acids is 1. The molecule has 0 aromatic heterocycles. The van der Waals surface area contributed by atoms with Gasteiger partial charge in [0.05, 0.1) is 22.5 Å². The molecule has 126 valence electrons. The van der Waals surface area contributed by atoms with Crippen LogP contribution in [0, 0.1) is 5.41 Å². The van der Waals surface area contributed by atoms with Gasteiger partial charge in [-0.2, -0.15) is 0 Å². The van der Waals surface area contributed by atoms with E-state index in [1.807, 2.05) is 13.8 Å². The number of hydrogen-bond donors (Lipinski definition) is 1. The largest absolute Gasteiger partial charge is 0.490 e. The van der Waals surface area contributed by atoms with E-state index in [9.17, 15) is 13.2 Å². The molecule has 1 aliphatic rings. The van der Waals surface area contributed by atoms with Crippen molar-refractivity contribution >= 4 is 27.3 Å². The van der Waals surface area contributed by atoms with Gasteiger partial charge in [0.1, 0.15) is 12.4 Å². The summed E-state index contributed by atoms with van der Waals surface area (Å²) in [6, 6.07) is 4.91. The van der Waals surface area contributed by atoms with Crippen molar-refractivity contribution in [3.8, 4) is 5.75 Å². The molecule has 1 amide bonds. The molecule has 1 heterocycles. The van der Waals surface area contributed by atoms with Crippen LogP contribution in [0.3, 0.4) is 0 Å². The summed E-state index contributed by atoms with van der Waals surface area (Å²) < 4.78 is 31.6. The Bertz CT molecular complexity index is 726. The van der Waals surface area contributed by atoms with Gasteiger partial charge in [-0.05, 0) is 32.9 Å². The maximum absolute atomic E-state index is 12.7. The fourth-order valence-corrected chi connectivity index (χ4v) is 2.90. The van der Waals surface area contributed by atoms with Crippen LogP contribution < -0.4 is 14.4 Å². The van der Waals surface area contributed by atoms with E-state index in [4.69, 9.17) is 4.74 Å². The second kappa shape index (κ2) is 6.23. The van der Waals surface area contributed by atoms with Crippen molar-refractivity contribution in [2.24, 2.45) is 5.41 Å². The SMILES string of the molecule is C=CCN1C(=O)C(C)(C)COc2cc(NS(=O)(=O)CC)ccc21. The summed E-state index contributed by atoms with van der Waals surface area (Å²) in [6.45, 7) is 9.47. The van der Waals surface area contributed by atoms with E-state index < -0.39 is 15.4 Å². The minimum Gasteiger partial charge on any atom is -0.490 e. The Morgan fingerprint density at radius 2 is 2.13 bits per heavy atom. The fraction of sp³-hybridized carbons (Fsp3) is 0.438. The molecule has 7 heteroatoms. The first-order chi connectivity index (χ1) is 10.7. The van der Waals surface area contributed by atoms with Gasteiger partial charge in [0, 0.05) is 12.6 Å². The molecule has 0 saturated carbocycles. The molecule has 6 nitrogen and oxygen atoms in total. The topological polar surface area (TPSA) is 75.7 Å². The van der Waals surface area contributed by atoms with Crippen molar-refractivity contribution < 1.29 is 17.9 Å². The normalized spacial score (nSPS) is 17.0. The smallest absolute Gasteiger partial charge is 0.236 e. The number of nitrogens with one attached hydrogen (secondary N) is 1. The molecule has 0 spiro atoms. The van der Waals surface area contributed by atoms with E-state index in [1.54, 1.807) is 36.1 Å². The molecule has 0 saturated heterocycles. The number of nitrogens with zero attached hydrogens (tertiary/aromatic N) is 1. The monoisotopic (exact) mass is 338 g/mol. The van der Waals surface area contributed by atoms with Gasteiger partial charge in [0.15, 0.2) is 0 Å². The lowest BCUT2D eigenvalue weighted by Crippen LogP contribution is -2.42. The average Bonchev–Trinajstić information content (AvgIpc) is 2.58. The molecule has 1 aliphatic heterocycles. The Labute approximate surface area is 137 Å². The Morgan fingerprint density at radius 1 is 1.43 bits per heavy atom. The molecule has 23 heavy (non-hydrogen) atoms. The van der Waals surface area contributed by atoms with Crippen LogP contribution in [0.1, 0.15) is 20.8 Å². The zero-order chi connectivity index (χ0) is 17.3. The average molecular weight is 338 g/mol. The highest BCUT2D eigenvalue weighted by molar-refractivity contribution is 7.92. The lowest BCUT2D eigenvalue weighted by molar-refractivity contribution is -0.127. The third-order valence-corrected chi connectivity index (χ3v) is 4.94. The molecule has 1 aromatic carbocycles. The van der Waals surface area contributed by atoms with E-state index >= 15 is 0 Å². The van der Waals surface area contributed by atoms with E-state index in [0.29, 0.717) is 23.7 Å². The summed E-state index contributed by atoms with van der Waals surface area (Å²) in [6.07, 6.45) is 1.65. The molecule has 0 fully saturated rings. The van der Waals surface area contributed by atoms with Crippen LogP contribution in [0.4, 0.5) is 11.4 Å². The van der Waals surface area contributed by atoms with Gasteiger partial charge in [0.2, 0.25) is 15.9 Å². The fourth-order valence-electron chi connectivity index (χ4n) is 2.27. The van der Waals surface area contributed by atoms with Gasteiger partial charge < -0.3 is 9.64 Å². The van der Waals surface area contributed by atoms with Gasteiger partial charge in [-0.3, -0.25) is 9.52 Å². The van der Waals surface area contributed by atoms with E-state index in [0.717, 1.165) is 0 Å². The molecule has 2 rings (SSSR count). The minimum atomic E-state index is -3.37. The number of fused-ring (bicyclic) bond motifs is 1. The number of rotatable bonds is 5. The van der Waals surface area contributed by atoms with Crippen LogP contribution in [0.15, 0.2) is 30.9 Å². The molecule has 0 bridgehead atoms. The molecule has 0 radical (unpaired) electrons. The molecule has 0 unspecified atom stereocenters. The maximum Gasteiger partial charge on any atom is 0.236 e. The molecular formula is C16H22N2O4S. The van der Waals surface area contributed by atoms with Crippen LogP contribution in [0.2, 0.25) is 0 Å². The van der Waals surface area contributed by atoms with Crippen molar-refractivity contribution in [2.45, 2.75) is 20.8 Å². The van der Waals surface area contributed by atoms with Crippen LogP contribution in [0.5, 0.6) is 5.75 Å². The zero-order valence-electron chi connectivity index (χ0n) is 13.6. The van der Waals surface area contributed by atoms with Gasteiger partial charge in [-0.15, -0.1) is 6.58 Å². The van der Waals surface area contributed by atoms with Gasteiger partial charge in [-0.25, -0.2) is 8.42 Å². The Kier molecular flexibility index (Phi) is 4.70. The van der Waals surface area contributed by atoms with E-state index in [-0.39, 0.29) is 18.3 Å². The lowest BCUT2D eigenvalue weighted by Gasteiger charge is -2.27. The van der Waals surface area contributed by atoms with E-state index in [1.165, 1.54) is 0 Å². The second-order valence-electron chi connectivity index (χ2n) is 6.06. The second-order valence-corrected chi connectivity index (χ2v) is 8.08. The maximum atomic E-state index is 12.7. The number of amides is 1. The zero-order valence-corrected chi connectivity index (χ0v) is 14.4. The number of carbonyl (C=O) groups is 1. The number of hydrogen-bond acceptors (Lipinski definition) is 4. The third kappa shape index (κ3) is 3.67. The van der Waals surface area contributed by atoms with Crippen molar-refractivity contribution in [1.82, 2.24) is 0 Å². The van der Waals surface area contributed by atoms with Crippen molar-refractivity contribution in [3.63, 3.8) is 0 Å². The summed E-state index contributed by atoms with van der Waals surface area (Å²) in [5.74, 6) is 0.402. The van der Waals surface area contributed by atoms with Gasteiger partial charge in [-0.1, -0.05) is 6.08 Å². The first kappa shape index (κ1) is 17.3. The summed E-state index contributed by atoms with van der Waals surface area (Å²) >= 11 is 0. The highest BCUT2D eigenvalue weighted by Crippen LogP contribution is 2.38. The summed E-state index contributed by atoms with van der Waals surface area (Å²) in [5, 5.41) is 0. The third-order valence-electron chi connectivity index (χ3n) is 3.63. The Balaban J connectivity index is 2.45. The van der Waals surface area contributed by atoms with Crippen molar-refractivity contribution in [2.75, 3.05) is 28.5 Å². The standard InChI is InChI=1S/C16H22N2O4S/c1-5-9-18-13-8-7-12(17-23(20,21)6-2)10-14(13)22-11-16(3,4)15(18)19/h5,7-8,10,17H,1,6,9,11H2,2-4H3. The number of benzene rings is 1. The molecule has 1 aromatic rings. The Hall–Kier alpha value is -2.02. The van der Waals surface area contributed by atoms with Crippen molar-refractivity contribution in [1.29, 1.82) is 0 Å². The first-order valence-corrected chi connectivity index (χ1v) is 9.05. The van der Waals surface area contributed by atoms with Gasteiger partial charge >= 0.3 is 0 Å². The minimum absolute atomic E-state index is 0.0148. The number of sulfonamides is 1. The predicted molar refractivity (Wildman–Crippen MR) is 91.4 cm³/mol. The molecule has 1 N–H and O–H groups in total. The summed E-state index contributed by atoms with van der Waals surface area (Å²) in [5.41, 5.74) is 0.349. The highest BCUT2D eigenvalue weighted by atomic mass is 32.2. The number of anilines is 2. The molecular weight excluding hydrogens is 316 g/mol. The van der Waals surface area contributed by atoms with Crippen LogP contribution in [0.25, 0.3) is 0 Å². The summed E-state index contributed by atoms with van der Waals surface area (Å²) in [4.78, 5) is 14.3. The quantitative estimate of drug-likeness (QED) is 0.837. The summed E-state index contributed by atoms with van der Waals surface area (Å²) in [7, 11) is -3.37. The molecule has 0 atom stereocenters. The van der Waals surface area contributed by atoms with Crippen molar-refractivity contribution in [3.05, 3.63) is 30.9 Å². The van der Waals surface area contributed by atoms with Crippen LogP contribution in [-0.4, -0.2) is 33.2 Å².